The van der Waals surface area contributed by atoms with Crippen LogP contribution in [0.5, 0.6) is 5.75 Å². The van der Waals surface area contributed by atoms with Crippen LogP contribution in [0.3, 0.4) is 0 Å². The molecule has 0 aliphatic rings. The second-order valence-corrected chi connectivity index (χ2v) is 4.98. The molecule has 1 atom stereocenters. The van der Waals surface area contributed by atoms with Gasteiger partial charge in [0.15, 0.2) is 5.75 Å². The fourth-order valence-corrected chi connectivity index (χ4v) is 2.60. The monoisotopic (exact) mass is 292 g/mol. The van der Waals surface area contributed by atoms with Crippen LogP contribution in [0.2, 0.25) is 0 Å². The van der Waals surface area contributed by atoms with Gasteiger partial charge in [-0.05, 0) is 12.8 Å². The fraction of sp³-hybridized carbons (Fsp3) is 0.571. The zero-order valence-corrected chi connectivity index (χ0v) is 13.1. The molecule has 2 aromatic heterocycles. The molecule has 0 aliphatic heterocycles. The van der Waals surface area contributed by atoms with Crippen LogP contribution >= 0.6 is 0 Å². The number of nitrogens with zero attached hydrogens (tertiary/aromatic N) is 4. The molecule has 0 saturated carbocycles. The van der Waals surface area contributed by atoms with Gasteiger partial charge < -0.3 is 4.74 Å². The molecule has 0 spiro atoms. The number of nitrogens with one attached hydrogen (secondary N) is 1. The number of ether oxygens (including phenoxy) is 1. The standard InChI is InChI=1S/C14H24N6O/c1-5-7-20-14(12(21-4)8-16-20)13(17-15)10-9-19(3)18-11(10)6-2/h8-9,13,17H,5-7,15H2,1-4H3. The molecule has 0 radical (unpaired) electrons. The van der Waals surface area contributed by atoms with E-state index in [1.54, 1.807) is 13.3 Å². The predicted octanol–water partition coefficient (Wildman–Crippen LogP) is 1.15. The molecular weight excluding hydrogens is 268 g/mol. The van der Waals surface area contributed by atoms with Crippen molar-refractivity contribution >= 4 is 0 Å². The van der Waals surface area contributed by atoms with Crippen molar-refractivity contribution in [2.75, 3.05) is 7.11 Å². The SMILES string of the molecule is CCCn1ncc(OC)c1C(NN)c1cn(C)nc1CC. The zero-order valence-electron chi connectivity index (χ0n) is 13.1. The molecule has 0 fully saturated rings. The fourth-order valence-electron chi connectivity index (χ4n) is 2.60. The number of aromatic nitrogens is 4. The Morgan fingerprint density at radius 1 is 1.43 bits per heavy atom. The first-order valence-corrected chi connectivity index (χ1v) is 7.24. The van der Waals surface area contributed by atoms with Crippen molar-refractivity contribution in [1.29, 1.82) is 0 Å². The third kappa shape index (κ3) is 2.93. The van der Waals surface area contributed by atoms with Crippen LogP contribution < -0.4 is 16.0 Å². The van der Waals surface area contributed by atoms with Crippen molar-refractivity contribution in [3.63, 3.8) is 0 Å². The van der Waals surface area contributed by atoms with Gasteiger partial charge in [0, 0.05) is 25.4 Å². The van der Waals surface area contributed by atoms with E-state index in [4.69, 9.17) is 10.6 Å². The van der Waals surface area contributed by atoms with Crippen LogP contribution in [0, 0.1) is 0 Å². The Labute approximate surface area is 125 Å². The number of hydrazine groups is 1. The maximum Gasteiger partial charge on any atom is 0.161 e. The lowest BCUT2D eigenvalue weighted by Crippen LogP contribution is -2.31. The van der Waals surface area contributed by atoms with E-state index in [0.717, 1.165) is 42.1 Å². The van der Waals surface area contributed by atoms with E-state index >= 15 is 0 Å². The van der Waals surface area contributed by atoms with Gasteiger partial charge in [0.05, 0.1) is 25.0 Å². The summed E-state index contributed by atoms with van der Waals surface area (Å²) in [7, 11) is 3.56. The third-order valence-electron chi connectivity index (χ3n) is 3.52. The van der Waals surface area contributed by atoms with Gasteiger partial charge in [-0.1, -0.05) is 13.8 Å². The Morgan fingerprint density at radius 2 is 2.19 bits per heavy atom. The molecule has 7 nitrogen and oxygen atoms in total. The number of aryl methyl sites for hydroxylation is 3. The van der Waals surface area contributed by atoms with E-state index in [1.165, 1.54) is 0 Å². The van der Waals surface area contributed by atoms with E-state index in [-0.39, 0.29) is 6.04 Å². The predicted molar refractivity (Wildman–Crippen MR) is 80.8 cm³/mol. The van der Waals surface area contributed by atoms with E-state index in [2.05, 4.69) is 29.5 Å². The highest BCUT2D eigenvalue weighted by Crippen LogP contribution is 2.31. The van der Waals surface area contributed by atoms with Crippen LogP contribution in [0.25, 0.3) is 0 Å². The summed E-state index contributed by atoms with van der Waals surface area (Å²) >= 11 is 0. The minimum atomic E-state index is -0.197. The van der Waals surface area contributed by atoms with Crippen LogP contribution in [-0.4, -0.2) is 26.7 Å². The summed E-state index contributed by atoms with van der Waals surface area (Å²) in [5, 5.41) is 8.89. The lowest BCUT2D eigenvalue weighted by molar-refractivity contribution is 0.398. The molecule has 0 amide bonds. The molecule has 2 rings (SSSR count). The first kappa shape index (κ1) is 15.5. The van der Waals surface area contributed by atoms with Gasteiger partial charge in [-0.25, -0.2) is 5.43 Å². The lowest BCUT2D eigenvalue weighted by atomic mass is 10.0. The van der Waals surface area contributed by atoms with E-state index in [1.807, 2.05) is 22.6 Å². The number of hydrogen-bond donors (Lipinski definition) is 2. The number of rotatable bonds is 7. The molecule has 0 bridgehead atoms. The third-order valence-corrected chi connectivity index (χ3v) is 3.52. The second kappa shape index (κ2) is 6.73. The summed E-state index contributed by atoms with van der Waals surface area (Å²) in [6.45, 7) is 5.02. The summed E-state index contributed by atoms with van der Waals surface area (Å²) in [4.78, 5) is 0. The molecule has 2 heterocycles. The van der Waals surface area contributed by atoms with Crippen molar-refractivity contribution in [1.82, 2.24) is 25.0 Å². The molecule has 0 aliphatic carbocycles. The first-order chi connectivity index (χ1) is 10.2. The maximum atomic E-state index is 5.83. The topological polar surface area (TPSA) is 82.9 Å². The summed E-state index contributed by atoms with van der Waals surface area (Å²) in [6.07, 6.45) is 5.56. The van der Waals surface area contributed by atoms with Gasteiger partial charge in [0.25, 0.3) is 0 Å². The Hall–Kier alpha value is -1.86. The highest BCUT2D eigenvalue weighted by Gasteiger charge is 2.26. The molecule has 1 unspecified atom stereocenters. The molecule has 21 heavy (non-hydrogen) atoms. The van der Waals surface area contributed by atoms with Crippen LogP contribution in [0.15, 0.2) is 12.4 Å². The van der Waals surface area contributed by atoms with Crippen LogP contribution in [0.1, 0.15) is 43.3 Å². The van der Waals surface area contributed by atoms with E-state index in [9.17, 15) is 0 Å². The summed E-state index contributed by atoms with van der Waals surface area (Å²) < 4.78 is 9.20. The van der Waals surface area contributed by atoms with Gasteiger partial charge in [-0.2, -0.15) is 10.2 Å². The largest absolute Gasteiger partial charge is 0.493 e. The van der Waals surface area contributed by atoms with Crippen LogP contribution in [-0.2, 0) is 20.0 Å². The first-order valence-electron chi connectivity index (χ1n) is 7.24. The van der Waals surface area contributed by atoms with Gasteiger partial charge >= 0.3 is 0 Å². The van der Waals surface area contributed by atoms with Gasteiger partial charge in [-0.15, -0.1) is 0 Å². The minimum Gasteiger partial charge on any atom is -0.493 e. The lowest BCUT2D eigenvalue weighted by Gasteiger charge is -2.19. The van der Waals surface area contributed by atoms with Crippen LogP contribution in [0.4, 0.5) is 0 Å². The summed E-state index contributed by atoms with van der Waals surface area (Å²) in [6, 6.07) is -0.197. The Morgan fingerprint density at radius 3 is 2.76 bits per heavy atom. The van der Waals surface area contributed by atoms with Crippen molar-refractivity contribution < 1.29 is 4.74 Å². The van der Waals surface area contributed by atoms with Gasteiger partial charge in [0.1, 0.15) is 5.69 Å². The van der Waals surface area contributed by atoms with E-state index < -0.39 is 0 Å². The maximum absolute atomic E-state index is 5.83. The summed E-state index contributed by atoms with van der Waals surface area (Å²) in [5.74, 6) is 6.57. The van der Waals surface area contributed by atoms with Crippen molar-refractivity contribution in [3.05, 3.63) is 29.3 Å². The molecular formula is C14H24N6O. The molecule has 3 N–H and O–H groups in total. The Kier molecular flexibility index (Phi) is 4.98. The highest BCUT2D eigenvalue weighted by molar-refractivity contribution is 5.37. The van der Waals surface area contributed by atoms with Gasteiger partial charge in [-0.3, -0.25) is 15.2 Å². The van der Waals surface area contributed by atoms with E-state index in [0.29, 0.717) is 0 Å². The second-order valence-electron chi connectivity index (χ2n) is 4.98. The molecule has 0 aromatic carbocycles. The van der Waals surface area contributed by atoms with Gasteiger partial charge in [0.2, 0.25) is 0 Å². The smallest absolute Gasteiger partial charge is 0.161 e. The van der Waals surface area contributed by atoms with Crippen molar-refractivity contribution in [3.8, 4) is 5.75 Å². The van der Waals surface area contributed by atoms with Crippen molar-refractivity contribution in [2.45, 2.75) is 39.3 Å². The summed E-state index contributed by atoms with van der Waals surface area (Å²) in [5.41, 5.74) is 5.90. The normalized spacial score (nSPS) is 12.6. The Balaban J connectivity index is 2.52. The number of hydrogen-bond acceptors (Lipinski definition) is 5. The molecule has 2 aromatic rings. The highest BCUT2D eigenvalue weighted by atomic mass is 16.5. The molecule has 116 valence electrons. The number of nitrogens with two attached hydrogens (primary N) is 1. The van der Waals surface area contributed by atoms with Crippen molar-refractivity contribution in [2.24, 2.45) is 12.9 Å². The average Bonchev–Trinajstić information content (AvgIpc) is 3.05. The Bertz CT molecular complexity index is 588. The zero-order chi connectivity index (χ0) is 15.4. The average molecular weight is 292 g/mol. The molecule has 0 saturated heterocycles. The quantitative estimate of drug-likeness (QED) is 0.591. The minimum absolute atomic E-state index is 0.197. The number of methoxy groups -OCH3 is 1. The molecule has 7 heteroatoms.